The van der Waals surface area contributed by atoms with Gasteiger partial charge in [-0.3, -0.25) is 9.59 Å². The number of H-pyrrole nitrogens is 1. The van der Waals surface area contributed by atoms with E-state index in [1.54, 1.807) is 0 Å². The van der Waals surface area contributed by atoms with E-state index in [4.69, 9.17) is 4.74 Å². The van der Waals surface area contributed by atoms with Gasteiger partial charge in [0.05, 0.1) is 5.60 Å². The van der Waals surface area contributed by atoms with Gasteiger partial charge in [0.1, 0.15) is 5.69 Å². The molecule has 2 rings (SSSR count). The van der Waals surface area contributed by atoms with Gasteiger partial charge in [-0.2, -0.15) is 5.10 Å². The van der Waals surface area contributed by atoms with Crippen molar-refractivity contribution in [2.24, 2.45) is 0 Å². The van der Waals surface area contributed by atoms with Crippen molar-refractivity contribution >= 4 is 5.91 Å². The number of amides is 1. The predicted octanol–water partition coefficient (Wildman–Crippen LogP) is 1.24. The average Bonchev–Trinajstić information content (AvgIpc) is 2.48. The Labute approximate surface area is 117 Å². The normalized spacial score (nSPS) is 21.4. The van der Waals surface area contributed by atoms with Crippen LogP contribution < -0.4 is 10.9 Å². The number of aromatic amines is 1. The minimum Gasteiger partial charge on any atom is -0.375 e. The van der Waals surface area contributed by atoms with Crippen LogP contribution in [0.4, 0.5) is 0 Å². The van der Waals surface area contributed by atoms with Crippen LogP contribution in [-0.4, -0.2) is 34.4 Å². The highest BCUT2D eigenvalue weighted by Gasteiger charge is 2.35. The van der Waals surface area contributed by atoms with E-state index in [1.807, 2.05) is 0 Å². The Morgan fingerprint density at radius 3 is 2.85 bits per heavy atom. The lowest BCUT2D eigenvalue weighted by molar-refractivity contribution is -0.0918. The summed E-state index contributed by atoms with van der Waals surface area (Å²) in [5, 5.41) is 8.98. The molecular weight excluding hydrogens is 258 g/mol. The van der Waals surface area contributed by atoms with Gasteiger partial charge in [-0.1, -0.05) is 13.8 Å². The Hall–Kier alpha value is -1.69. The first-order chi connectivity index (χ1) is 9.58. The van der Waals surface area contributed by atoms with Gasteiger partial charge in [-0.25, -0.2) is 5.10 Å². The maximum absolute atomic E-state index is 12.1. The highest BCUT2D eigenvalue weighted by molar-refractivity contribution is 5.92. The minimum atomic E-state index is -0.316. The molecule has 1 fully saturated rings. The van der Waals surface area contributed by atoms with Gasteiger partial charge >= 0.3 is 0 Å². The van der Waals surface area contributed by atoms with Crippen LogP contribution in [0.5, 0.6) is 0 Å². The Morgan fingerprint density at radius 2 is 2.25 bits per heavy atom. The molecule has 1 aliphatic heterocycles. The lowest BCUT2D eigenvalue weighted by Gasteiger charge is -2.40. The summed E-state index contributed by atoms with van der Waals surface area (Å²) >= 11 is 0. The average molecular weight is 279 g/mol. The van der Waals surface area contributed by atoms with Crippen molar-refractivity contribution in [1.29, 1.82) is 0 Å². The van der Waals surface area contributed by atoms with Crippen LogP contribution in [0.2, 0.25) is 0 Å². The molecule has 1 saturated heterocycles. The largest absolute Gasteiger partial charge is 0.375 e. The molecule has 6 heteroatoms. The van der Waals surface area contributed by atoms with Crippen LogP contribution in [0.1, 0.15) is 50.0 Å². The molecule has 0 aliphatic carbocycles. The lowest BCUT2D eigenvalue weighted by Crippen LogP contribution is -2.48. The number of hydrogen-bond donors (Lipinski definition) is 2. The van der Waals surface area contributed by atoms with Gasteiger partial charge in [0, 0.05) is 18.7 Å². The predicted molar refractivity (Wildman–Crippen MR) is 74.6 cm³/mol. The second kappa shape index (κ2) is 6.17. The molecule has 20 heavy (non-hydrogen) atoms. The SMILES string of the molecule is CCC1(CC)CC(NC(=O)c2ccc(=O)[nH]n2)CCO1. The van der Waals surface area contributed by atoms with E-state index in [2.05, 4.69) is 29.4 Å². The zero-order valence-corrected chi connectivity index (χ0v) is 11.9. The quantitative estimate of drug-likeness (QED) is 0.868. The van der Waals surface area contributed by atoms with Crippen molar-refractivity contribution in [3.8, 4) is 0 Å². The topological polar surface area (TPSA) is 84.1 Å². The number of carbonyl (C=O) groups is 1. The third-order valence-corrected chi connectivity index (χ3v) is 4.03. The molecule has 0 saturated carbocycles. The van der Waals surface area contributed by atoms with Gasteiger partial charge < -0.3 is 10.1 Å². The Kier molecular flexibility index (Phi) is 4.54. The number of rotatable bonds is 4. The zero-order chi connectivity index (χ0) is 14.6. The molecule has 110 valence electrons. The lowest BCUT2D eigenvalue weighted by atomic mass is 9.86. The van der Waals surface area contributed by atoms with Crippen LogP contribution in [0.3, 0.4) is 0 Å². The summed E-state index contributed by atoms with van der Waals surface area (Å²) in [4.78, 5) is 23.0. The summed E-state index contributed by atoms with van der Waals surface area (Å²) in [6.07, 6.45) is 3.49. The molecule has 1 aromatic rings. The highest BCUT2D eigenvalue weighted by atomic mass is 16.5. The summed E-state index contributed by atoms with van der Waals surface area (Å²) in [5.74, 6) is -0.255. The van der Waals surface area contributed by atoms with Crippen molar-refractivity contribution < 1.29 is 9.53 Å². The number of carbonyl (C=O) groups excluding carboxylic acids is 1. The fourth-order valence-corrected chi connectivity index (χ4v) is 2.62. The number of nitrogens with one attached hydrogen (secondary N) is 2. The smallest absolute Gasteiger partial charge is 0.271 e. The highest BCUT2D eigenvalue weighted by Crippen LogP contribution is 2.31. The Morgan fingerprint density at radius 1 is 1.50 bits per heavy atom. The summed E-state index contributed by atoms with van der Waals surface area (Å²) in [7, 11) is 0. The summed E-state index contributed by atoms with van der Waals surface area (Å²) in [6.45, 7) is 4.88. The van der Waals surface area contributed by atoms with Crippen LogP contribution in [0.25, 0.3) is 0 Å². The van der Waals surface area contributed by atoms with Crippen molar-refractivity contribution in [3.05, 3.63) is 28.2 Å². The van der Waals surface area contributed by atoms with E-state index in [0.717, 1.165) is 25.7 Å². The van der Waals surface area contributed by atoms with E-state index in [0.29, 0.717) is 6.61 Å². The van der Waals surface area contributed by atoms with Crippen molar-refractivity contribution in [3.63, 3.8) is 0 Å². The Balaban J connectivity index is 2.00. The summed E-state index contributed by atoms with van der Waals surface area (Å²) in [6, 6.07) is 2.82. The van der Waals surface area contributed by atoms with E-state index in [-0.39, 0.29) is 28.8 Å². The minimum absolute atomic E-state index is 0.0879. The zero-order valence-electron chi connectivity index (χ0n) is 11.9. The molecule has 6 nitrogen and oxygen atoms in total. The number of aromatic nitrogens is 2. The Bertz CT molecular complexity index is 502. The van der Waals surface area contributed by atoms with Gasteiger partial charge in [-0.05, 0) is 31.7 Å². The van der Waals surface area contributed by atoms with Crippen LogP contribution >= 0.6 is 0 Å². The van der Waals surface area contributed by atoms with Crippen molar-refractivity contribution in [1.82, 2.24) is 15.5 Å². The first-order valence-electron chi connectivity index (χ1n) is 7.09. The molecule has 0 aromatic carbocycles. The van der Waals surface area contributed by atoms with Crippen molar-refractivity contribution in [2.45, 2.75) is 51.2 Å². The maximum atomic E-state index is 12.1. The first-order valence-corrected chi connectivity index (χ1v) is 7.09. The number of hydrogen-bond acceptors (Lipinski definition) is 4. The van der Waals surface area contributed by atoms with E-state index < -0.39 is 0 Å². The maximum Gasteiger partial charge on any atom is 0.271 e. The second-order valence-electron chi connectivity index (χ2n) is 5.21. The summed E-state index contributed by atoms with van der Waals surface area (Å²) < 4.78 is 5.88. The fourth-order valence-electron chi connectivity index (χ4n) is 2.62. The first kappa shape index (κ1) is 14.7. The molecule has 0 bridgehead atoms. The van der Waals surface area contributed by atoms with Gasteiger partial charge in [0.2, 0.25) is 0 Å². The third kappa shape index (κ3) is 3.25. The monoisotopic (exact) mass is 279 g/mol. The standard InChI is InChI=1S/C14H21N3O3/c1-3-14(4-2)9-10(7-8-20-14)15-13(19)11-5-6-12(18)17-16-11/h5-6,10H,3-4,7-9H2,1-2H3,(H,15,19)(H,17,18). The third-order valence-electron chi connectivity index (χ3n) is 4.03. The van der Waals surface area contributed by atoms with Gasteiger partial charge in [0.25, 0.3) is 11.5 Å². The number of ether oxygens (including phenoxy) is 1. The van der Waals surface area contributed by atoms with Gasteiger partial charge in [0.15, 0.2) is 0 Å². The molecule has 2 N–H and O–H groups in total. The van der Waals surface area contributed by atoms with E-state index in [9.17, 15) is 9.59 Å². The second-order valence-corrected chi connectivity index (χ2v) is 5.21. The van der Waals surface area contributed by atoms with Gasteiger partial charge in [-0.15, -0.1) is 0 Å². The van der Waals surface area contributed by atoms with Crippen LogP contribution in [-0.2, 0) is 4.74 Å². The molecule has 2 heterocycles. The molecule has 0 radical (unpaired) electrons. The molecule has 1 amide bonds. The molecule has 1 aromatic heterocycles. The van der Waals surface area contributed by atoms with Crippen molar-refractivity contribution in [2.75, 3.05) is 6.61 Å². The fraction of sp³-hybridized carbons (Fsp3) is 0.643. The molecular formula is C14H21N3O3. The van der Waals surface area contributed by atoms with E-state index in [1.165, 1.54) is 12.1 Å². The summed E-state index contributed by atoms with van der Waals surface area (Å²) in [5.41, 5.74) is -0.215. The molecule has 1 unspecified atom stereocenters. The molecule has 1 aliphatic rings. The van der Waals surface area contributed by atoms with Crippen LogP contribution in [0, 0.1) is 0 Å². The number of nitrogens with zero attached hydrogens (tertiary/aromatic N) is 1. The van der Waals surface area contributed by atoms with E-state index >= 15 is 0 Å². The molecule has 1 atom stereocenters. The molecule has 0 spiro atoms. The van der Waals surface area contributed by atoms with Crippen LogP contribution in [0.15, 0.2) is 16.9 Å².